The first kappa shape index (κ1) is 13.5. The van der Waals surface area contributed by atoms with Gasteiger partial charge in [0.15, 0.2) is 5.82 Å². The van der Waals surface area contributed by atoms with Crippen molar-refractivity contribution < 1.29 is 9.32 Å². The lowest BCUT2D eigenvalue weighted by molar-refractivity contribution is 0.102. The van der Waals surface area contributed by atoms with E-state index in [0.29, 0.717) is 17.2 Å². The van der Waals surface area contributed by atoms with Crippen molar-refractivity contribution in [3.05, 3.63) is 34.6 Å². The third kappa shape index (κ3) is 3.54. The number of carbonyl (C=O) groups excluding carboxylic acids is 1. The highest BCUT2D eigenvalue weighted by atomic mass is 79.9. The molecule has 0 bridgehead atoms. The van der Waals surface area contributed by atoms with Crippen LogP contribution in [0.3, 0.4) is 0 Å². The number of hydrogen-bond acceptors (Lipinski definition) is 5. The molecule has 2 rings (SSSR count). The fourth-order valence-corrected chi connectivity index (χ4v) is 1.79. The largest absolute Gasteiger partial charge is 0.369 e. The highest BCUT2D eigenvalue weighted by Crippen LogP contribution is 2.19. The lowest BCUT2D eigenvalue weighted by atomic mass is 10.2. The molecular weight excluding hydrogens is 312 g/mol. The highest BCUT2D eigenvalue weighted by molar-refractivity contribution is 9.10. The summed E-state index contributed by atoms with van der Waals surface area (Å²) in [6, 6.07) is 3.28. The van der Waals surface area contributed by atoms with Crippen molar-refractivity contribution in [2.45, 2.75) is 13.3 Å². The Balaban J connectivity index is 2.21. The first-order valence-electron chi connectivity index (χ1n) is 5.82. The van der Waals surface area contributed by atoms with Crippen LogP contribution in [-0.2, 0) is 0 Å². The predicted octanol–water partition coefficient (Wildman–Crippen LogP) is 2.91. The minimum Gasteiger partial charge on any atom is -0.369 e. The molecule has 0 saturated heterocycles. The van der Waals surface area contributed by atoms with E-state index in [0.717, 1.165) is 17.4 Å². The third-order valence-electron chi connectivity index (χ3n) is 2.32. The van der Waals surface area contributed by atoms with E-state index in [9.17, 15) is 4.79 Å². The van der Waals surface area contributed by atoms with Crippen molar-refractivity contribution >= 4 is 33.5 Å². The number of hydrogen-bond donors (Lipinski definition) is 2. The molecule has 7 heteroatoms. The van der Waals surface area contributed by atoms with Crippen LogP contribution in [0.2, 0.25) is 0 Å². The Morgan fingerprint density at radius 3 is 3.05 bits per heavy atom. The second kappa shape index (κ2) is 6.33. The van der Waals surface area contributed by atoms with E-state index < -0.39 is 0 Å². The van der Waals surface area contributed by atoms with Crippen molar-refractivity contribution in [2.75, 3.05) is 17.2 Å². The van der Waals surface area contributed by atoms with Gasteiger partial charge in [0.1, 0.15) is 12.1 Å². The molecular formula is C12H13BrN4O2. The summed E-state index contributed by atoms with van der Waals surface area (Å²) in [5.41, 5.74) is 0.450. The number of carbonyl (C=O) groups is 1. The van der Waals surface area contributed by atoms with Gasteiger partial charge in [-0.1, -0.05) is 12.1 Å². The third-order valence-corrected chi connectivity index (χ3v) is 2.75. The molecule has 0 aliphatic carbocycles. The van der Waals surface area contributed by atoms with Crippen molar-refractivity contribution in [3.8, 4) is 0 Å². The molecule has 0 spiro atoms. The molecule has 2 heterocycles. The quantitative estimate of drug-likeness (QED) is 0.883. The Hall–Kier alpha value is -1.89. The second-order valence-electron chi connectivity index (χ2n) is 3.82. The summed E-state index contributed by atoms with van der Waals surface area (Å²) in [6.07, 6.45) is 3.98. The summed E-state index contributed by atoms with van der Waals surface area (Å²) in [5, 5.41) is 9.39. The minimum absolute atomic E-state index is 0.290. The molecule has 2 aromatic rings. The Bertz CT molecular complexity index is 557. The van der Waals surface area contributed by atoms with E-state index in [1.54, 1.807) is 18.3 Å². The predicted molar refractivity (Wildman–Crippen MR) is 75.2 cm³/mol. The van der Waals surface area contributed by atoms with Gasteiger partial charge in [0.2, 0.25) is 0 Å². The molecule has 1 amide bonds. The molecule has 0 aliphatic rings. The van der Waals surface area contributed by atoms with Crippen LogP contribution in [0.5, 0.6) is 0 Å². The molecule has 100 valence electrons. The van der Waals surface area contributed by atoms with Crippen molar-refractivity contribution in [3.63, 3.8) is 0 Å². The van der Waals surface area contributed by atoms with E-state index in [1.807, 2.05) is 6.92 Å². The summed E-state index contributed by atoms with van der Waals surface area (Å²) in [7, 11) is 0. The summed E-state index contributed by atoms with van der Waals surface area (Å²) >= 11 is 3.31. The van der Waals surface area contributed by atoms with Crippen molar-refractivity contribution in [1.29, 1.82) is 0 Å². The Kier molecular flexibility index (Phi) is 4.51. The number of nitrogens with one attached hydrogen (secondary N) is 2. The maximum Gasteiger partial charge on any atom is 0.260 e. The number of nitrogens with zero attached hydrogens (tertiary/aromatic N) is 2. The smallest absolute Gasteiger partial charge is 0.260 e. The molecule has 0 aliphatic heterocycles. The summed E-state index contributed by atoms with van der Waals surface area (Å²) in [6.45, 7) is 2.79. The fraction of sp³-hybridized carbons (Fsp3) is 0.250. The van der Waals surface area contributed by atoms with E-state index >= 15 is 0 Å². The van der Waals surface area contributed by atoms with Crippen LogP contribution in [0.4, 0.5) is 11.6 Å². The van der Waals surface area contributed by atoms with E-state index in [2.05, 4.69) is 41.2 Å². The molecule has 6 nitrogen and oxygen atoms in total. The normalized spacial score (nSPS) is 10.2. The van der Waals surface area contributed by atoms with Crippen LogP contribution < -0.4 is 10.6 Å². The van der Waals surface area contributed by atoms with Gasteiger partial charge in [-0.25, -0.2) is 4.98 Å². The van der Waals surface area contributed by atoms with Gasteiger partial charge in [0, 0.05) is 23.3 Å². The van der Waals surface area contributed by atoms with Crippen LogP contribution >= 0.6 is 15.9 Å². The number of halogens is 1. The van der Waals surface area contributed by atoms with Crippen LogP contribution in [0.15, 0.2) is 33.6 Å². The first-order valence-corrected chi connectivity index (χ1v) is 6.61. The van der Waals surface area contributed by atoms with Crippen LogP contribution in [0, 0.1) is 0 Å². The van der Waals surface area contributed by atoms with Gasteiger partial charge in [-0.3, -0.25) is 4.79 Å². The van der Waals surface area contributed by atoms with Crippen LogP contribution in [0.25, 0.3) is 0 Å². The van der Waals surface area contributed by atoms with E-state index in [1.165, 1.54) is 6.26 Å². The molecule has 2 N–H and O–H groups in total. The SMILES string of the molecule is CCCNc1ncc(Br)cc1C(=O)Nc1ccon1. The molecule has 0 atom stereocenters. The van der Waals surface area contributed by atoms with E-state index in [4.69, 9.17) is 0 Å². The summed E-state index contributed by atoms with van der Waals surface area (Å²) in [4.78, 5) is 16.4. The van der Waals surface area contributed by atoms with Gasteiger partial charge >= 0.3 is 0 Å². The molecule has 0 fully saturated rings. The maximum absolute atomic E-state index is 12.2. The number of pyridine rings is 1. The number of rotatable bonds is 5. The Morgan fingerprint density at radius 1 is 1.53 bits per heavy atom. The summed E-state index contributed by atoms with van der Waals surface area (Å²) < 4.78 is 5.40. The van der Waals surface area contributed by atoms with Crippen molar-refractivity contribution in [1.82, 2.24) is 10.1 Å². The number of amides is 1. The molecule has 0 unspecified atom stereocenters. The second-order valence-corrected chi connectivity index (χ2v) is 4.73. The van der Waals surface area contributed by atoms with Gasteiger partial charge in [0.25, 0.3) is 5.91 Å². The topological polar surface area (TPSA) is 80.0 Å². The van der Waals surface area contributed by atoms with Crippen molar-refractivity contribution in [2.24, 2.45) is 0 Å². The lowest BCUT2D eigenvalue weighted by Gasteiger charge is -2.10. The van der Waals surface area contributed by atoms with Gasteiger partial charge < -0.3 is 15.2 Å². The maximum atomic E-state index is 12.2. The number of aromatic nitrogens is 2. The van der Waals surface area contributed by atoms with Crippen LogP contribution in [0.1, 0.15) is 23.7 Å². The average Bonchev–Trinajstić information content (AvgIpc) is 2.90. The van der Waals surface area contributed by atoms with Gasteiger partial charge in [-0.05, 0) is 28.4 Å². The Morgan fingerprint density at radius 2 is 2.37 bits per heavy atom. The zero-order chi connectivity index (χ0) is 13.7. The zero-order valence-corrected chi connectivity index (χ0v) is 11.9. The summed E-state index contributed by atoms with van der Waals surface area (Å²) in [5.74, 6) is 0.624. The molecule has 0 saturated carbocycles. The zero-order valence-electron chi connectivity index (χ0n) is 10.3. The Labute approximate surface area is 118 Å². The molecule has 0 radical (unpaired) electrons. The molecule has 19 heavy (non-hydrogen) atoms. The van der Waals surface area contributed by atoms with Crippen LogP contribution in [-0.4, -0.2) is 22.6 Å². The van der Waals surface area contributed by atoms with Gasteiger partial charge in [-0.15, -0.1) is 0 Å². The molecule has 2 aromatic heterocycles. The fourth-order valence-electron chi connectivity index (χ4n) is 1.46. The standard InChI is InChI=1S/C12H13BrN4O2/c1-2-4-14-11-9(6-8(13)7-15-11)12(18)16-10-3-5-19-17-10/h3,5-7H,2,4H2,1H3,(H,14,15)(H,16,17,18). The van der Waals surface area contributed by atoms with Gasteiger partial charge in [-0.2, -0.15) is 0 Å². The average molecular weight is 325 g/mol. The molecule has 0 aromatic carbocycles. The first-order chi connectivity index (χ1) is 9.20. The number of anilines is 2. The monoisotopic (exact) mass is 324 g/mol. The highest BCUT2D eigenvalue weighted by Gasteiger charge is 2.14. The van der Waals surface area contributed by atoms with Gasteiger partial charge in [0.05, 0.1) is 5.56 Å². The minimum atomic E-state index is -0.290. The lowest BCUT2D eigenvalue weighted by Crippen LogP contribution is -2.16. The van der Waals surface area contributed by atoms with E-state index in [-0.39, 0.29) is 5.91 Å².